The third kappa shape index (κ3) is 10.5. The summed E-state index contributed by atoms with van der Waals surface area (Å²) >= 11 is 0. The van der Waals surface area contributed by atoms with Crippen molar-refractivity contribution in [1.82, 2.24) is 4.90 Å². The zero-order valence-corrected chi connectivity index (χ0v) is 19.6. The zero-order valence-electron chi connectivity index (χ0n) is 19.6. The summed E-state index contributed by atoms with van der Waals surface area (Å²) in [4.78, 5) is 27.1. The van der Waals surface area contributed by atoms with E-state index in [1.54, 1.807) is 0 Å². The van der Waals surface area contributed by atoms with Crippen molar-refractivity contribution in [3.05, 3.63) is 0 Å². The molecule has 4 heteroatoms. The number of hydrogen-bond donors (Lipinski definition) is 0. The van der Waals surface area contributed by atoms with Crippen LogP contribution in [-0.4, -0.2) is 36.0 Å². The predicted molar refractivity (Wildman–Crippen MR) is 121 cm³/mol. The second kappa shape index (κ2) is 16.7. The van der Waals surface area contributed by atoms with Gasteiger partial charge in [0.05, 0.1) is 12.5 Å². The molecule has 1 fully saturated rings. The number of nitrogens with zero attached hydrogens (tertiary/aromatic N) is 1. The van der Waals surface area contributed by atoms with Crippen LogP contribution in [0.5, 0.6) is 0 Å². The van der Waals surface area contributed by atoms with Gasteiger partial charge in [-0.05, 0) is 19.3 Å². The van der Waals surface area contributed by atoms with Gasteiger partial charge in [0.2, 0.25) is 5.91 Å². The lowest BCUT2D eigenvalue weighted by Crippen LogP contribution is -2.38. The highest BCUT2D eigenvalue weighted by Crippen LogP contribution is 2.31. The van der Waals surface area contributed by atoms with E-state index in [4.69, 9.17) is 4.74 Å². The van der Waals surface area contributed by atoms with Crippen LogP contribution < -0.4 is 0 Å². The largest absolute Gasteiger partial charge is 0.465 e. The minimum Gasteiger partial charge on any atom is -0.465 e. The van der Waals surface area contributed by atoms with E-state index in [0.29, 0.717) is 13.0 Å². The summed E-state index contributed by atoms with van der Waals surface area (Å²) in [7, 11) is 0. The lowest BCUT2D eigenvalue weighted by molar-refractivity contribution is -0.149. The van der Waals surface area contributed by atoms with Crippen molar-refractivity contribution in [1.29, 1.82) is 0 Å². The molecule has 29 heavy (non-hydrogen) atoms. The van der Waals surface area contributed by atoms with E-state index in [1.165, 1.54) is 51.4 Å². The Morgan fingerprint density at radius 1 is 0.828 bits per heavy atom. The Balaban J connectivity index is 2.23. The molecule has 0 radical (unpaired) electrons. The smallest absolute Gasteiger partial charge is 0.311 e. The summed E-state index contributed by atoms with van der Waals surface area (Å²) in [5.74, 6) is -0.260. The van der Waals surface area contributed by atoms with E-state index < -0.39 is 0 Å². The first-order chi connectivity index (χ1) is 14.2. The minimum atomic E-state index is -0.256. The maximum atomic E-state index is 12.6. The monoisotopic (exact) mass is 409 g/mol. The SMILES string of the molecule is CCCCCCCCCCCCOC(=O)C1CC(=O)N(CCCC)C1CCCC. The third-order valence-electron chi connectivity index (χ3n) is 6.23. The normalized spacial score (nSPS) is 19.1. The first-order valence-electron chi connectivity index (χ1n) is 12.6. The second-order valence-corrected chi connectivity index (χ2v) is 8.81. The molecule has 0 aliphatic carbocycles. The summed E-state index contributed by atoms with van der Waals surface area (Å²) in [5, 5.41) is 0. The summed E-state index contributed by atoms with van der Waals surface area (Å²) in [6.07, 6.45) is 18.2. The first kappa shape index (κ1) is 26.0. The summed E-state index contributed by atoms with van der Waals surface area (Å²) in [6, 6.07) is 0.0502. The van der Waals surface area contributed by atoms with Gasteiger partial charge in [0.1, 0.15) is 0 Å². The van der Waals surface area contributed by atoms with Crippen molar-refractivity contribution in [3.8, 4) is 0 Å². The van der Waals surface area contributed by atoms with Gasteiger partial charge in [-0.3, -0.25) is 9.59 Å². The molecule has 0 aromatic rings. The van der Waals surface area contributed by atoms with Crippen molar-refractivity contribution in [3.63, 3.8) is 0 Å². The van der Waals surface area contributed by atoms with Crippen LogP contribution in [0.3, 0.4) is 0 Å². The predicted octanol–water partition coefficient (Wildman–Crippen LogP) is 6.66. The number of ether oxygens (including phenoxy) is 1. The lowest BCUT2D eigenvalue weighted by atomic mass is 9.95. The fourth-order valence-electron chi connectivity index (χ4n) is 4.34. The Kier molecular flexibility index (Phi) is 15.0. The van der Waals surface area contributed by atoms with Gasteiger partial charge in [-0.15, -0.1) is 0 Å². The van der Waals surface area contributed by atoms with Gasteiger partial charge in [0, 0.05) is 19.0 Å². The molecule has 1 heterocycles. The molecule has 0 spiro atoms. The Labute approximate surface area is 180 Å². The van der Waals surface area contributed by atoms with E-state index in [9.17, 15) is 9.59 Å². The molecule has 1 rings (SSSR count). The quantitative estimate of drug-likeness (QED) is 0.188. The van der Waals surface area contributed by atoms with E-state index in [0.717, 1.165) is 51.5 Å². The molecule has 1 amide bonds. The molecule has 0 bridgehead atoms. The standard InChI is InChI=1S/C25H47NO3/c1-4-7-10-11-12-13-14-15-16-17-20-29-25(28)22-21-24(27)26(19-9-6-3)23(22)18-8-5-2/h22-23H,4-21H2,1-3H3. The summed E-state index contributed by atoms with van der Waals surface area (Å²) in [6.45, 7) is 7.85. The van der Waals surface area contributed by atoms with E-state index >= 15 is 0 Å². The van der Waals surface area contributed by atoms with Gasteiger partial charge >= 0.3 is 5.97 Å². The summed E-state index contributed by atoms with van der Waals surface area (Å²) in [5.41, 5.74) is 0. The Morgan fingerprint density at radius 2 is 1.38 bits per heavy atom. The van der Waals surface area contributed by atoms with E-state index in [-0.39, 0.29) is 23.8 Å². The summed E-state index contributed by atoms with van der Waals surface area (Å²) < 4.78 is 5.59. The number of amides is 1. The van der Waals surface area contributed by atoms with Crippen LogP contribution in [0.4, 0.5) is 0 Å². The average molecular weight is 410 g/mol. The highest BCUT2D eigenvalue weighted by molar-refractivity contribution is 5.87. The Hall–Kier alpha value is -1.06. The average Bonchev–Trinajstić information content (AvgIpc) is 3.04. The molecule has 0 saturated carbocycles. The molecule has 2 unspecified atom stereocenters. The third-order valence-corrected chi connectivity index (χ3v) is 6.23. The second-order valence-electron chi connectivity index (χ2n) is 8.81. The van der Waals surface area contributed by atoms with Crippen molar-refractivity contribution < 1.29 is 14.3 Å². The molecule has 1 aliphatic heterocycles. The van der Waals surface area contributed by atoms with Gasteiger partial charge < -0.3 is 9.64 Å². The Bertz CT molecular complexity index is 438. The number of carbonyl (C=O) groups is 2. The maximum Gasteiger partial charge on any atom is 0.311 e. The van der Waals surface area contributed by atoms with Gasteiger partial charge in [-0.2, -0.15) is 0 Å². The number of rotatable bonds is 18. The van der Waals surface area contributed by atoms with Crippen LogP contribution in [0.2, 0.25) is 0 Å². The van der Waals surface area contributed by atoms with E-state index in [1.807, 2.05) is 4.90 Å². The minimum absolute atomic E-state index is 0.0502. The van der Waals surface area contributed by atoms with Crippen LogP contribution in [-0.2, 0) is 14.3 Å². The van der Waals surface area contributed by atoms with Crippen molar-refractivity contribution >= 4 is 11.9 Å². The van der Waals surface area contributed by atoms with Crippen molar-refractivity contribution in [2.45, 2.75) is 130 Å². The molecule has 4 nitrogen and oxygen atoms in total. The van der Waals surface area contributed by atoms with Gasteiger partial charge in [0.25, 0.3) is 0 Å². The number of likely N-dealkylation sites (tertiary alicyclic amines) is 1. The fraction of sp³-hybridized carbons (Fsp3) is 0.920. The maximum absolute atomic E-state index is 12.6. The highest BCUT2D eigenvalue weighted by Gasteiger charge is 2.43. The van der Waals surface area contributed by atoms with Gasteiger partial charge in [-0.1, -0.05) is 97.8 Å². The molecule has 170 valence electrons. The molecule has 2 atom stereocenters. The number of unbranched alkanes of at least 4 members (excludes halogenated alkanes) is 11. The van der Waals surface area contributed by atoms with Crippen LogP contribution in [0.1, 0.15) is 124 Å². The molecule has 1 saturated heterocycles. The molecule has 0 aromatic carbocycles. The highest BCUT2D eigenvalue weighted by atomic mass is 16.5. The molecule has 1 aliphatic rings. The fourth-order valence-corrected chi connectivity index (χ4v) is 4.34. The number of carbonyl (C=O) groups excluding carboxylic acids is 2. The van der Waals surface area contributed by atoms with Crippen LogP contribution in [0.25, 0.3) is 0 Å². The number of esters is 1. The topological polar surface area (TPSA) is 46.6 Å². The van der Waals surface area contributed by atoms with E-state index in [2.05, 4.69) is 20.8 Å². The molecule has 0 N–H and O–H groups in total. The lowest BCUT2D eigenvalue weighted by Gasteiger charge is -2.27. The molecule has 0 aromatic heterocycles. The van der Waals surface area contributed by atoms with Gasteiger partial charge in [-0.25, -0.2) is 0 Å². The number of hydrogen-bond acceptors (Lipinski definition) is 3. The first-order valence-corrected chi connectivity index (χ1v) is 12.6. The Morgan fingerprint density at radius 3 is 1.97 bits per heavy atom. The van der Waals surface area contributed by atoms with Gasteiger partial charge in [0.15, 0.2) is 0 Å². The van der Waals surface area contributed by atoms with Crippen molar-refractivity contribution in [2.24, 2.45) is 5.92 Å². The van der Waals surface area contributed by atoms with Crippen molar-refractivity contribution in [2.75, 3.05) is 13.2 Å². The molecular formula is C25H47NO3. The van der Waals surface area contributed by atoms with Crippen LogP contribution in [0, 0.1) is 5.92 Å². The van der Waals surface area contributed by atoms with Crippen LogP contribution in [0.15, 0.2) is 0 Å². The zero-order chi connectivity index (χ0) is 21.3. The molecular weight excluding hydrogens is 362 g/mol. The van der Waals surface area contributed by atoms with Crippen LogP contribution >= 0.6 is 0 Å².